The van der Waals surface area contributed by atoms with Crippen molar-refractivity contribution >= 4 is 44.8 Å². The van der Waals surface area contributed by atoms with Gasteiger partial charge in [-0.1, -0.05) is 39.7 Å². The number of benzene rings is 2. The van der Waals surface area contributed by atoms with Crippen molar-refractivity contribution in [2.45, 2.75) is 20.4 Å². The third kappa shape index (κ3) is 3.97. The van der Waals surface area contributed by atoms with Crippen molar-refractivity contribution in [3.63, 3.8) is 0 Å². The summed E-state index contributed by atoms with van der Waals surface area (Å²) in [7, 11) is 1.79. The zero-order chi connectivity index (χ0) is 17.9. The summed E-state index contributed by atoms with van der Waals surface area (Å²) in [5.74, 6) is -0.415. The predicted octanol–water partition coefficient (Wildman–Crippen LogP) is 4.45. The van der Waals surface area contributed by atoms with Crippen LogP contribution in [0.5, 0.6) is 0 Å². The van der Waals surface area contributed by atoms with Crippen LogP contribution in [-0.4, -0.2) is 18.7 Å². The molecule has 2 rings (SSSR count). The summed E-state index contributed by atoms with van der Waals surface area (Å²) in [4.78, 5) is 12.4. The van der Waals surface area contributed by atoms with Crippen LogP contribution in [0.25, 0.3) is 0 Å². The van der Waals surface area contributed by atoms with E-state index in [1.165, 1.54) is 0 Å². The summed E-state index contributed by atoms with van der Waals surface area (Å²) in [5, 5.41) is 14.8. The van der Waals surface area contributed by atoms with Crippen molar-refractivity contribution in [1.29, 1.82) is 5.41 Å². The second kappa shape index (κ2) is 7.81. The lowest BCUT2D eigenvalue weighted by Crippen LogP contribution is -2.31. The van der Waals surface area contributed by atoms with E-state index >= 15 is 0 Å². The summed E-state index contributed by atoms with van der Waals surface area (Å²) >= 11 is 9.34. The zero-order valence-corrected chi connectivity index (χ0v) is 16.1. The lowest BCUT2D eigenvalue weighted by Gasteiger charge is -2.17. The minimum Gasteiger partial charge on any atom is -0.387 e. The Morgan fingerprint density at radius 2 is 1.88 bits per heavy atom. The number of nitrogens with one attached hydrogen (secondary N) is 3. The van der Waals surface area contributed by atoms with E-state index in [0.29, 0.717) is 17.1 Å². The number of rotatable bonds is 5. The van der Waals surface area contributed by atoms with E-state index in [-0.39, 0.29) is 5.71 Å². The lowest BCUT2D eigenvalue weighted by atomic mass is 9.97. The molecule has 0 spiro atoms. The summed E-state index contributed by atoms with van der Waals surface area (Å²) in [6, 6.07) is 9.22. The number of aryl methyl sites for hydroxylation is 1. The molecule has 2 aromatic carbocycles. The van der Waals surface area contributed by atoms with Gasteiger partial charge in [-0.2, -0.15) is 0 Å². The van der Waals surface area contributed by atoms with E-state index < -0.39 is 5.91 Å². The van der Waals surface area contributed by atoms with Gasteiger partial charge in [0.1, 0.15) is 5.71 Å². The molecule has 4 nitrogen and oxygen atoms in total. The van der Waals surface area contributed by atoms with Crippen LogP contribution >= 0.6 is 27.5 Å². The molecule has 24 heavy (non-hydrogen) atoms. The predicted molar refractivity (Wildman–Crippen MR) is 103 cm³/mol. The average molecular weight is 409 g/mol. The van der Waals surface area contributed by atoms with Gasteiger partial charge in [-0.15, -0.1) is 0 Å². The molecule has 0 heterocycles. The molecule has 0 radical (unpaired) electrons. The Kier molecular flexibility index (Phi) is 6.02. The minimum atomic E-state index is -0.415. The number of amides is 1. The van der Waals surface area contributed by atoms with Gasteiger partial charge < -0.3 is 10.6 Å². The molecule has 0 unspecified atom stereocenters. The van der Waals surface area contributed by atoms with E-state index in [2.05, 4.69) is 26.6 Å². The molecular formula is C18H19BrClN3O. The fraction of sp³-hybridized carbons (Fsp3) is 0.222. The highest BCUT2D eigenvalue weighted by Crippen LogP contribution is 2.30. The number of halogens is 2. The molecule has 0 atom stereocenters. The van der Waals surface area contributed by atoms with Crippen LogP contribution in [-0.2, 0) is 11.3 Å². The second-order valence-corrected chi connectivity index (χ2v) is 6.78. The standard InChI is InChI=1S/C18H19BrClN3O/c1-10-8-14(19)11(2)15(17(10)22-3)16(21)18(24)23-9-12-4-6-13(20)7-5-12/h4-8,21-22H,9H2,1-3H3,(H,23,24). The fourth-order valence-corrected chi connectivity index (χ4v) is 3.16. The number of carbonyl (C=O) groups excluding carboxylic acids is 1. The summed E-state index contributed by atoms with van der Waals surface area (Å²) in [5.41, 5.74) is 4.10. The molecule has 0 fully saturated rings. The van der Waals surface area contributed by atoms with E-state index in [4.69, 9.17) is 17.0 Å². The molecule has 3 N–H and O–H groups in total. The molecule has 0 bridgehead atoms. The maximum absolute atomic E-state index is 12.4. The van der Waals surface area contributed by atoms with Crippen molar-refractivity contribution in [3.05, 3.63) is 62.1 Å². The van der Waals surface area contributed by atoms with Gasteiger partial charge in [-0.3, -0.25) is 10.2 Å². The van der Waals surface area contributed by atoms with Crippen molar-refractivity contribution < 1.29 is 4.79 Å². The van der Waals surface area contributed by atoms with Crippen molar-refractivity contribution in [2.24, 2.45) is 0 Å². The fourth-order valence-electron chi connectivity index (χ4n) is 2.50. The van der Waals surface area contributed by atoms with Gasteiger partial charge in [0.05, 0.1) is 0 Å². The summed E-state index contributed by atoms with van der Waals surface area (Å²) < 4.78 is 0.879. The Morgan fingerprint density at radius 1 is 1.25 bits per heavy atom. The molecule has 0 saturated carbocycles. The van der Waals surface area contributed by atoms with Crippen LogP contribution in [0.1, 0.15) is 22.3 Å². The van der Waals surface area contributed by atoms with E-state index in [9.17, 15) is 4.79 Å². The largest absolute Gasteiger partial charge is 0.387 e. The molecule has 0 aromatic heterocycles. The van der Waals surface area contributed by atoms with E-state index in [1.54, 1.807) is 19.2 Å². The molecule has 1 amide bonds. The van der Waals surface area contributed by atoms with Crippen molar-refractivity contribution in [3.8, 4) is 0 Å². The number of anilines is 1. The molecule has 6 heteroatoms. The molecule has 0 aliphatic heterocycles. The maximum atomic E-state index is 12.4. The Hall–Kier alpha value is -1.85. The number of carbonyl (C=O) groups is 1. The number of hydrogen-bond donors (Lipinski definition) is 3. The van der Waals surface area contributed by atoms with Crippen LogP contribution < -0.4 is 10.6 Å². The SMILES string of the molecule is CNc1c(C)cc(Br)c(C)c1C(=N)C(=O)NCc1ccc(Cl)cc1. The first-order valence-corrected chi connectivity index (χ1v) is 8.61. The van der Waals surface area contributed by atoms with Crippen LogP contribution in [0.4, 0.5) is 5.69 Å². The smallest absolute Gasteiger partial charge is 0.270 e. The van der Waals surface area contributed by atoms with Crippen LogP contribution in [0.15, 0.2) is 34.8 Å². The van der Waals surface area contributed by atoms with E-state index in [1.807, 2.05) is 32.0 Å². The van der Waals surface area contributed by atoms with Gasteiger partial charge in [0.25, 0.3) is 5.91 Å². The Balaban J connectivity index is 2.22. The van der Waals surface area contributed by atoms with Crippen LogP contribution in [0.2, 0.25) is 5.02 Å². The van der Waals surface area contributed by atoms with Crippen LogP contribution in [0, 0.1) is 19.3 Å². The number of hydrogen-bond acceptors (Lipinski definition) is 3. The van der Waals surface area contributed by atoms with Gasteiger partial charge >= 0.3 is 0 Å². The first-order chi connectivity index (χ1) is 11.3. The Labute approximate surface area is 155 Å². The van der Waals surface area contributed by atoms with Crippen molar-refractivity contribution in [2.75, 3.05) is 12.4 Å². The molecule has 126 valence electrons. The Bertz CT molecular complexity index is 788. The van der Waals surface area contributed by atoms with Gasteiger partial charge in [0.2, 0.25) is 0 Å². The highest BCUT2D eigenvalue weighted by molar-refractivity contribution is 9.10. The normalized spacial score (nSPS) is 10.4. The lowest BCUT2D eigenvalue weighted by molar-refractivity contribution is -0.114. The van der Waals surface area contributed by atoms with E-state index in [0.717, 1.165) is 26.9 Å². The molecular weight excluding hydrogens is 390 g/mol. The summed E-state index contributed by atoms with van der Waals surface area (Å²) in [6.07, 6.45) is 0. The highest BCUT2D eigenvalue weighted by Gasteiger charge is 2.20. The Morgan fingerprint density at radius 3 is 2.46 bits per heavy atom. The van der Waals surface area contributed by atoms with Gasteiger partial charge in [-0.25, -0.2) is 0 Å². The topological polar surface area (TPSA) is 65.0 Å². The highest BCUT2D eigenvalue weighted by atomic mass is 79.9. The minimum absolute atomic E-state index is 0.0600. The quantitative estimate of drug-likeness (QED) is 0.640. The summed E-state index contributed by atoms with van der Waals surface area (Å²) in [6.45, 7) is 4.18. The third-order valence-corrected chi connectivity index (χ3v) is 4.89. The second-order valence-electron chi connectivity index (χ2n) is 5.48. The first-order valence-electron chi connectivity index (χ1n) is 7.44. The van der Waals surface area contributed by atoms with Gasteiger partial charge in [0, 0.05) is 34.3 Å². The monoisotopic (exact) mass is 407 g/mol. The first kappa shape index (κ1) is 18.5. The maximum Gasteiger partial charge on any atom is 0.270 e. The average Bonchev–Trinajstić information content (AvgIpc) is 2.56. The molecule has 0 saturated heterocycles. The zero-order valence-electron chi connectivity index (χ0n) is 13.8. The third-order valence-electron chi connectivity index (χ3n) is 3.81. The molecule has 2 aromatic rings. The van der Waals surface area contributed by atoms with Gasteiger partial charge in [0.15, 0.2) is 0 Å². The molecule has 0 aliphatic rings. The van der Waals surface area contributed by atoms with Gasteiger partial charge in [-0.05, 0) is 48.7 Å². The van der Waals surface area contributed by atoms with Crippen LogP contribution in [0.3, 0.4) is 0 Å². The molecule has 0 aliphatic carbocycles. The van der Waals surface area contributed by atoms with Crippen molar-refractivity contribution in [1.82, 2.24) is 5.32 Å².